The molecule has 3 heteroatoms. The molecule has 17 heavy (non-hydrogen) atoms. The van der Waals surface area contributed by atoms with Gasteiger partial charge in [-0.05, 0) is 36.8 Å². The monoisotopic (exact) mass is 236 g/mol. The predicted molar refractivity (Wildman–Crippen MR) is 69.3 cm³/mol. The Hall–Kier alpha value is -1.09. The molecule has 2 nitrogen and oxygen atoms in total. The van der Waals surface area contributed by atoms with Gasteiger partial charge in [0.15, 0.2) is 0 Å². The van der Waals surface area contributed by atoms with E-state index in [1.165, 1.54) is 12.5 Å². The summed E-state index contributed by atoms with van der Waals surface area (Å²) in [5, 5.41) is 3.44. The molecule has 2 rings (SSSR count). The van der Waals surface area contributed by atoms with Crippen molar-refractivity contribution in [2.75, 3.05) is 5.32 Å². The zero-order valence-electron chi connectivity index (χ0n) is 10.6. The van der Waals surface area contributed by atoms with Crippen LogP contribution in [0.15, 0.2) is 18.2 Å². The molecule has 94 valence electrons. The summed E-state index contributed by atoms with van der Waals surface area (Å²) in [6, 6.07) is 5.55. The van der Waals surface area contributed by atoms with Gasteiger partial charge in [-0.15, -0.1) is 0 Å². The van der Waals surface area contributed by atoms with Gasteiger partial charge in [-0.1, -0.05) is 19.9 Å². The topological polar surface area (TPSA) is 38.0 Å². The third-order valence-corrected chi connectivity index (χ3v) is 3.65. The minimum Gasteiger partial charge on any atom is -0.382 e. The van der Waals surface area contributed by atoms with Crippen LogP contribution >= 0.6 is 0 Å². The second-order valence-corrected chi connectivity index (χ2v) is 5.72. The highest BCUT2D eigenvalue weighted by Gasteiger charge is 2.31. The molecular formula is C14H21FN2. The third-order valence-electron chi connectivity index (χ3n) is 3.65. The lowest BCUT2D eigenvalue weighted by molar-refractivity contribution is 0.378. The van der Waals surface area contributed by atoms with Crippen molar-refractivity contribution in [1.29, 1.82) is 0 Å². The molecule has 1 aliphatic carbocycles. The molecule has 0 radical (unpaired) electrons. The van der Waals surface area contributed by atoms with E-state index in [1.807, 2.05) is 6.07 Å². The first-order valence-corrected chi connectivity index (χ1v) is 6.26. The number of nitrogens with one attached hydrogen (secondary N) is 1. The molecule has 0 bridgehead atoms. The zero-order valence-corrected chi connectivity index (χ0v) is 10.6. The number of nitrogens with two attached hydrogens (primary N) is 1. The second-order valence-electron chi connectivity index (χ2n) is 5.72. The van der Waals surface area contributed by atoms with Gasteiger partial charge in [0.1, 0.15) is 5.82 Å². The molecule has 1 aliphatic rings. The van der Waals surface area contributed by atoms with Gasteiger partial charge in [0.25, 0.3) is 0 Å². The van der Waals surface area contributed by atoms with Gasteiger partial charge in [-0.3, -0.25) is 0 Å². The summed E-state index contributed by atoms with van der Waals surface area (Å²) in [5.74, 6) is -0.213. The Kier molecular flexibility index (Phi) is 3.38. The Balaban J connectivity index is 2.12. The van der Waals surface area contributed by atoms with E-state index in [1.54, 1.807) is 6.07 Å². The maximum Gasteiger partial charge on any atom is 0.129 e. The van der Waals surface area contributed by atoms with Crippen molar-refractivity contribution < 1.29 is 4.39 Å². The smallest absolute Gasteiger partial charge is 0.129 e. The van der Waals surface area contributed by atoms with Crippen LogP contribution in [0.25, 0.3) is 0 Å². The average Bonchev–Trinajstić information content (AvgIpc) is 2.58. The first-order valence-electron chi connectivity index (χ1n) is 6.26. The highest BCUT2D eigenvalue weighted by Crippen LogP contribution is 2.38. The van der Waals surface area contributed by atoms with E-state index >= 15 is 0 Å². The molecule has 1 fully saturated rings. The van der Waals surface area contributed by atoms with Crippen LogP contribution in [-0.4, -0.2) is 6.04 Å². The Morgan fingerprint density at radius 2 is 2.24 bits per heavy atom. The van der Waals surface area contributed by atoms with Crippen LogP contribution in [-0.2, 0) is 6.54 Å². The molecule has 0 aromatic heterocycles. The summed E-state index contributed by atoms with van der Waals surface area (Å²) < 4.78 is 13.6. The maximum absolute atomic E-state index is 13.6. The number of rotatable bonds is 3. The molecule has 0 spiro atoms. The minimum absolute atomic E-state index is 0.213. The summed E-state index contributed by atoms with van der Waals surface area (Å²) in [7, 11) is 0. The van der Waals surface area contributed by atoms with Crippen molar-refractivity contribution in [3.05, 3.63) is 29.6 Å². The highest BCUT2D eigenvalue weighted by molar-refractivity contribution is 5.52. The van der Waals surface area contributed by atoms with E-state index in [-0.39, 0.29) is 12.4 Å². The van der Waals surface area contributed by atoms with Crippen LogP contribution in [0.4, 0.5) is 10.1 Å². The van der Waals surface area contributed by atoms with E-state index in [4.69, 9.17) is 5.73 Å². The Bertz CT molecular complexity index is 401. The van der Waals surface area contributed by atoms with Gasteiger partial charge in [0, 0.05) is 23.8 Å². The Labute approximate surface area is 102 Å². The van der Waals surface area contributed by atoms with Crippen LogP contribution in [0.1, 0.15) is 38.7 Å². The first kappa shape index (κ1) is 12.4. The summed E-state index contributed by atoms with van der Waals surface area (Å²) in [6.45, 7) is 4.80. The molecule has 1 unspecified atom stereocenters. The molecule has 0 saturated heterocycles. The predicted octanol–water partition coefficient (Wildman–Crippen LogP) is 3.28. The Morgan fingerprint density at radius 3 is 2.82 bits per heavy atom. The molecule has 0 aliphatic heterocycles. The number of hydrogen-bond acceptors (Lipinski definition) is 2. The summed E-state index contributed by atoms with van der Waals surface area (Å²) >= 11 is 0. The van der Waals surface area contributed by atoms with E-state index in [9.17, 15) is 4.39 Å². The largest absolute Gasteiger partial charge is 0.382 e. The van der Waals surface area contributed by atoms with Crippen molar-refractivity contribution >= 4 is 5.69 Å². The molecular weight excluding hydrogens is 215 g/mol. The molecule has 3 N–H and O–H groups in total. The highest BCUT2D eigenvalue weighted by atomic mass is 19.1. The van der Waals surface area contributed by atoms with Crippen molar-refractivity contribution in [2.45, 2.75) is 45.7 Å². The average molecular weight is 236 g/mol. The molecule has 0 heterocycles. The Morgan fingerprint density at radius 1 is 1.47 bits per heavy atom. The van der Waals surface area contributed by atoms with Crippen molar-refractivity contribution in [1.82, 2.24) is 0 Å². The standard InChI is InChI=1S/C14H21FN2/c1-14(2)7-6-10(8-14)17-13-5-3-4-12(15)11(13)9-16/h3-5,10,17H,6-9,16H2,1-2H3. The lowest BCUT2D eigenvalue weighted by Crippen LogP contribution is -2.19. The van der Waals surface area contributed by atoms with Crippen LogP contribution in [0.3, 0.4) is 0 Å². The van der Waals surface area contributed by atoms with E-state index in [0.29, 0.717) is 17.0 Å². The summed E-state index contributed by atoms with van der Waals surface area (Å²) in [4.78, 5) is 0. The third kappa shape index (κ3) is 2.78. The number of anilines is 1. The second kappa shape index (κ2) is 4.65. The van der Waals surface area contributed by atoms with Gasteiger partial charge >= 0.3 is 0 Å². The molecule has 1 atom stereocenters. The van der Waals surface area contributed by atoms with Gasteiger partial charge < -0.3 is 11.1 Å². The number of halogens is 1. The van der Waals surface area contributed by atoms with Crippen LogP contribution < -0.4 is 11.1 Å². The maximum atomic E-state index is 13.6. The molecule has 1 aromatic carbocycles. The van der Waals surface area contributed by atoms with Crippen molar-refractivity contribution in [3.63, 3.8) is 0 Å². The van der Waals surface area contributed by atoms with Gasteiger partial charge in [0.05, 0.1) is 0 Å². The quantitative estimate of drug-likeness (QED) is 0.845. The van der Waals surface area contributed by atoms with Gasteiger partial charge in [-0.2, -0.15) is 0 Å². The van der Waals surface area contributed by atoms with Crippen LogP contribution in [0.5, 0.6) is 0 Å². The fraction of sp³-hybridized carbons (Fsp3) is 0.571. The minimum atomic E-state index is -0.213. The molecule has 1 aromatic rings. The summed E-state index contributed by atoms with van der Waals surface area (Å²) in [6.07, 6.45) is 3.50. The lowest BCUT2D eigenvalue weighted by atomic mass is 9.92. The van der Waals surface area contributed by atoms with Crippen LogP contribution in [0, 0.1) is 11.2 Å². The summed E-state index contributed by atoms with van der Waals surface area (Å²) in [5.41, 5.74) is 7.45. The fourth-order valence-electron chi connectivity index (χ4n) is 2.68. The van der Waals surface area contributed by atoms with E-state index < -0.39 is 0 Å². The van der Waals surface area contributed by atoms with E-state index in [0.717, 1.165) is 18.5 Å². The SMILES string of the molecule is CC1(C)CCC(Nc2cccc(F)c2CN)C1. The fourth-order valence-corrected chi connectivity index (χ4v) is 2.68. The van der Waals surface area contributed by atoms with Crippen molar-refractivity contribution in [3.8, 4) is 0 Å². The normalized spacial score (nSPS) is 22.7. The number of hydrogen-bond donors (Lipinski definition) is 2. The first-order chi connectivity index (χ1) is 8.02. The van der Waals surface area contributed by atoms with Gasteiger partial charge in [0.2, 0.25) is 0 Å². The molecule has 1 saturated carbocycles. The lowest BCUT2D eigenvalue weighted by Gasteiger charge is -2.20. The molecule has 0 amide bonds. The van der Waals surface area contributed by atoms with Crippen molar-refractivity contribution in [2.24, 2.45) is 11.1 Å². The van der Waals surface area contributed by atoms with Gasteiger partial charge in [-0.25, -0.2) is 4.39 Å². The van der Waals surface area contributed by atoms with Crippen LogP contribution in [0.2, 0.25) is 0 Å². The van der Waals surface area contributed by atoms with E-state index in [2.05, 4.69) is 19.2 Å². The number of benzene rings is 1. The zero-order chi connectivity index (χ0) is 12.5.